The molecule has 1 aliphatic heterocycles. The van der Waals surface area contributed by atoms with E-state index >= 15 is 0 Å². The van der Waals surface area contributed by atoms with Gasteiger partial charge in [0.25, 0.3) is 0 Å². The number of alkyl halides is 1. The van der Waals surface area contributed by atoms with Crippen LogP contribution in [0.4, 0.5) is 18.0 Å². The van der Waals surface area contributed by atoms with Gasteiger partial charge in [-0.3, -0.25) is 0 Å². The predicted molar refractivity (Wildman–Crippen MR) is 154 cm³/mol. The van der Waals surface area contributed by atoms with Crippen molar-refractivity contribution in [3.8, 4) is 11.4 Å². The average Bonchev–Trinajstić information content (AvgIpc) is 3.33. The van der Waals surface area contributed by atoms with Crippen LogP contribution in [0.15, 0.2) is 48.5 Å². The zero-order valence-electron chi connectivity index (χ0n) is 24.0. The molecule has 1 aromatic heterocycles. The van der Waals surface area contributed by atoms with Crippen LogP contribution < -0.4 is 5.73 Å². The van der Waals surface area contributed by atoms with Crippen LogP contribution in [0.3, 0.4) is 0 Å². The van der Waals surface area contributed by atoms with Gasteiger partial charge in [0.15, 0.2) is 21.5 Å². The molecule has 4 rings (SSSR count). The zero-order chi connectivity index (χ0) is 30.7. The van der Waals surface area contributed by atoms with Gasteiger partial charge >= 0.3 is 6.03 Å². The lowest BCUT2D eigenvalue weighted by molar-refractivity contribution is 0.0820. The second-order valence-corrected chi connectivity index (χ2v) is 14.0. The number of hydrogen-bond donors (Lipinski definition) is 1. The largest absolute Gasteiger partial charge is 0.325 e. The highest BCUT2D eigenvalue weighted by molar-refractivity contribution is 7.91. The van der Waals surface area contributed by atoms with Crippen molar-refractivity contribution in [1.29, 1.82) is 0 Å². The molecule has 2 atom stereocenters. The number of rotatable bonds is 9. The Morgan fingerprint density at radius 1 is 1.10 bits per heavy atom. The molecule has 3 aromatic rings. The van der Waals surface area contributed by atoms with E-state index in [9.17, 15) is 26.4 Å². The molecule has 0 radical (unpaired) electrons. The maximum atomic E-state index is 14.9. The first-order valence-electron chi connectivity index (χ1n) is 13.8. The predicted octanol–water partition coefficient (Wildman–Crippen LogP) is 4.20. The quantitative estimate of drug-likeness (QED) is 0.391. The van der Waals surface area contributed by atoms with Crippen LogP contribution in [0.2, 0.25) is 0 Å². The Kier molecular flexibility index (Phi) is 9.61. The monoisotopic (exact) mass is 606 g/mol. The number of aromatic nitrogens is 3. The summed E-state index contributed by atoms with van der Waals surface area (Å²) < 4.78 is 68.2. The van der Waals surface area contributed by atoms with Crippen LogP contribution >= 0.6 is 0 Å². The molecule has 2 heterocycles. The smallest absolute Gasteiger partial charge is 0.320 e. The number of halogens is 3. The fourth-order valence-corrected chi connectivity index (χ4v) is 6.21. The lowest BCUT2D eigenvalue weighted by Crippen LogP contribution is -2.53. The lowest BCUT2D eigenvalue weighted by Gasteiger charge is -2.42. The van der Waals surface area contributed by atoms with Crippen molar-refractivity contribution < 1.29 is 26.4 Å². The number of amides is 2. The second kappa shape index (κ2) is 12.8. The van der Waals surface area contributed by atoms with Crippen molar-refractivity contribution in [2.24, 2.45) is 11.1 Å². The SMILES string of the molecule is CC(C)(C)[C@H](c1nc(-c2cc(F)ccc2F)nn1Cc1ccccc1)N(CC[C@H](N)CF)C(=O)N1CCS(=O)(=O)CC1. The standard InChI is InChI=1S/C29H37F3N6O3S/c1-29(2,3)25(37(12-11-22(33)18-30)28(39)36-13-15-42(40,41)16-14-36)27-34-26(23-17-21(31)9-10-24(23)32)35-38(27)19-20-7-5-4-6-8-20/h4-10,17,22,25H,11-16,18-19,33H2,1-3H3/t22-,25-/m0/s1. The van der Waals surface area contributed by atoms with Gasteiger partial charge in [-0.25, -0.2) is 36.0 Å². The summed E-state index contributed by atoms with van der Waals surface area (Å²) in [5, 5.41) is 4.58. The average molecular weight is 607 g/mol. The van der Waals surface area contributed by atoms with E-state index in [0.717, 1.165) is 23.8 Å². The molecule has 1 fully saturated rings. The van der Waals surface area contributed by atoms with E-state index < -0.39 is 51.7 Å². The third kappa shape index (κ3) is 7.49. The Hall–Kier alpha value is -3.45. The summed E-state index contributed by atoms with van der Waals surface area (Å²) in [6, 6.07) is 10.3. The molecule has 1 saturated heterocycles. The summed E-state index contributed by atoms with van der Waals surface area (Å²) >= 11 is 0. The normalized spacial score (nSPS) is 16.7. The summed E-state index contributed by atoms with van der Waals surface area (Å²) in [4.78, 5) is 21.8. The molecule has 42 heavy (non-hydrogen) atoms. The highest BCUT2D eigenvalue weighted by atomic mass is 32.2. The zero-order valence-corrected chi connectivity index (χ0v) is 24.8. The van der Waals surface area contributed by atoms with Crippen LogP contribution in [0, 0.1) is 17.0 Å². The van der Waals surface area contributed by atoms with E-state index in [0.29, 0.717) is 5.82 Å². The number of nitrogens with zero attached hydrogens (tertiary/aromatic N) is 5. The van der Waals surface area contributed by atoms with Gasteiger partial charge in [-0.1, -0.05) is 51.1 Å². The molecule has 0 aliphatic carbocycles. The molecule has 2 aromatic carbocycles. The van der Waals surface area contributed by atoms with Crippen LogP contribution in [-0.4, -0.2) is 82.9 Å². The molecule has 9 nitrogen and oxygen atoms in total. The Bertz CT molecular complexity index is 1480. The van der Waals surface area contributed by atoms with E-state index in [1.165, 1.54) is 9.80 Å². The summed E-state index contributed by atoms with van der Waals surface area (Å²) in [5.74, 6) is -1.42. The maximum absolute atomic E-state index is 14.9. The fourth-order valence-electron chi connectivity index (χ4n) is 5.01. The highest BCUT2D eigenvalue weighted by Gasteiger charge is 2.41. The first-order valence-corrected chi connectivity index (χ1v) is 15.6. The fraction of sp³-hybridized carbons (Fsp3) is 0.483. The number of hydrogen-bond acceptors (Lipinski definition) is 6. The van der Waals surface area contributed by atoms with Crippen molar-refractivity contribution >= 4 is 15.9 Å². The van der Waals surface area contributed by atoms with Crippen LogP contribution in [0.25, 0.3) is 11.4 Å². The Morgan fingerprint density at radius 2 is 1.76 bits per heavy atom. The molecule has 0 bridgehead atoms. The van der Waals surface area contributed by atoms with Crippen molar-refractivity contribution in [3.63, 3.8) is 0 Å². The maximum Gasteiger partial charge on any atom is 0.320 e. The summed E-state index contributed by atoms with van der Waals surface area (Å²) in [7, 11) is -3.26. The molecular weight excluding hydrogens is 569 g/mol. The van der Waals surface area contributed by atoms with Gasteiger partial charge in [0.1, 0.15) is 18.3 Å². The van der Waals surface area contributed by atoms with E-state index in [4.69, 9.17) is 10.7 Å². The molecular formula is C29H37F3N6O3S. The number of nitrogens with two attached hydrogens (primary N) is 1. The van der Waals surface area contributed by atoms with Crippen molar-refractivity contribution in [2.75, 3.05) is 37.8 Å². The number of sulfone groups is 1. The number of urea groups is 1. The molecule has 1 aliphatic rings. The summed E-state index contributed by atoms with van der Waals surface area (Å²) in [5.41, 5.74) is 5.96. The van der Waals surface area contributed by atoms with Crippen LogP contribution in [0.1, 0.15) is 44.6 Å². The molecule has 228 valence electrons. The highest BCUT2D eigenvalue weighted by Crippen LogP contribution is 2.39. The number of carbonyl (C=O) groups excluding carboxylic acids is 1. The molecule has 2 N–H and O–H groups in total. The van der Waals surface area contributed by atoms with Crippen LogP contribution in [-0.2, 0) is 16.4 Å². The molecule has 0 spiro atoms. The van der Waals surface area contributed by atoms with Gasteiger partial charge in [-0.15, -0.1) is 0 Å². The van der Waals surface area contributed by atoms with Crippen molar-refractivity contribution in [2.45, 2.75) is 45.8 Å². The number of benzene rings is 2. The second-order valence-electron chi connectivity index (χ2n) is 11.6. The van der Waals surface area contributed by atoms with Crippen LogP contribution in [0.5, 0.6) is 0 Å². The molecule has 0 unspecified atom stereocenters. The van der Waals surface area contributed by atoms with Gasteiger partial charge in [0, 0.05) is 25.7 Å². The van der Waals surface area contributed by atoms with E-state index in [1.807, 2.05) is 51.1 Å². The van der Waals surface area contributed by atoms with Gasteiger partial charge in [0.2, 0.25) is 0 Å². The third-order valence-corrected chi connectivity index (χ3v) is 8.83. The van der Waals surface area contributed by atoms with Gasteiger partial charge in [-0.2, -0.15) is 5.10 Å². The minimum absolute atomic E-state index is 0.0140. The Balaban J connectivity index is 1.85. The minimum Gasteiger partial charge on any atom is -0.325 e. The van der Waals surface area contributed by atoms with E-state index in [2.05, 4.69) is 5.10 Å². The third-order valence-electron chi connectivity index (χ3n) is 7.22. The summed E-state index contributed by atoms with van der Waals surface area (Å²) in [6.07, 6.45) is 0.138. The molecule has 13 heteroatoms. The van der Waals surface area contributed by atoms with Crippen molar-refractivity contribution in [1.82, 2.24) is 24.6 Å². The minimum atomic E-state index is -3.26. The first kappa shape index (κ1) is 31.5. The van der Waals surface area contributed by atoms with E-state index in [1.54, 1.807) is 4.68 Å². The molecule has 2 amide bonds. The first-order chi connectivity index (χ1) is 19.8. The van der Waals surface area contributed by atoms with Gasteiger partial charge in [-0.05, 0) is 35.6 Å². The summed E-state index contributed by atoms with van der Waals surface area (Å²) in [6.45, 7) is 5.22. The Labute approximate surface area is 244 Å². The number of carbonyl (C=O) groups is 1. The van der Waals surface area contributed by atoms with Crippen molar-refractivity contribution in [3.05, 3.63) is 71.6 Å². The topological polar surface area (TPSA) is 114 Å². The van der Waals surface area contributed by atoms with Gasteiger partial charge in [0.05, 0.1) is 29.7 Å². The lowest BCUT2D eigenvalue weighted by atomic mass is 9.84. The molecule has 0 saturated carbocycles. The van der Waals surface area contributed by atoms with E-state index in [-0.39, 0.29) is 55.5 Å². The van der Waals surface area contributed by atoms with Gasteiger partial charge < -0.3 is 15.5 Å². The Morgan fingerprint density at radius 3 is 2.38 bits per heavy atom.